The lowest BCUT2D eigenvalue weighted by Crippen LogP contribution is -2.39. The Labute approximate surface area is 130 Å². The molecule has 1 aromatic heterocycles. The molecule has 22 heavy (non-hydrogen) atoms. The second kappa shape index (κ2) is 6.17. The van der Waals surface area contributed by atoms with Gasteiger partial charge in [0, 0.05) is 12.4 Å². The molecule has 1 N–H and O–H groups in total. The standard InChI is InChI=1S/C11H18N2O7P2/c14-11(9-13-4-3-12-10-13,21(15)17-5-1-6-18-21)22(16)19-7-2-8-20-22/h3-4,10,14H,1-2,5-9H2/i9D2. The molecule has 0 aromatic carbocycles. The number of nitrogens with zero attached hydrogens (tertiary/aromatic N) is 2. The van der Waals surface area contributed by atoms with Gasteiger partial charge in [-0.05, 0) is 12.8 Å². The van der Waals surface area contributed by atoms with E-state index in [9.17, 15) is 14.2 Å². The normalized spacial score (nSPS) is 27.0. The van der Waals surface area contributed by atoms with Gasteiger partial charge in [-0.25, -0.2) is 4.98 Å². The fourth-order valence-corrected chi connectivity index (χ4v) is 6.78. The molecule has 0 unspecified atom stereocenters. The van der Waals surface area contributed by atoms with Gasteiger partial charge in [-0.3, -0.25) is 9.13 Å². The van der Waals surface area contributed by atoms with Gasteiger partial charge in [-0.15, -0.1) is 0 Å². The number of rotatable bonds is 4. The Morgan fingerprint density at radius 1 is 1.14 bits per heavy atom. The zero-order valence-corrected chi connectivity index (χ0v) is 13.4. The zero-order valence-electron chi connectivity index (χ0n) is 13.7. The van der Waals surface area contributed by atoms with E-state index in [1.165, 1.54) is 12.4 Å². The maximum Gasteiger partial charge on any atom is 0.376 e. The summed E-state index contributed by atoms with van der Waals surface area (Å²) in [7, 11) is -9.23. The van der Waals surface area contributed by atoms with Crippen molar-refractivity contribution in [1.82, 2.24) is 9.55 Å². The van der Waals surface area contributed by atoms with Crippen molar-refractivity contribution in [1.29, 1.82) is 0 Å². The van der Waals surface area contributed by atoms with Crippen LogP contribution in [0.5, 0.6) is 0 Å². The second-order valence-electron chi connectivity index (χ2n) is 4.75. The SMILES string of the molecule is [2H]C([2H])(n1ccnc1)C(O)(P1(=O)OCCCO1)P1(=O)OCCCO1. The molecule has 0 bridgehead atoms. The molecule has 0 radical (unpaired) electrons. The molecule has 3 rings (SSSR count). The summed E-state index contributed by atoms with van der Waals surface area (Å²) in [6, 6.07) is 0. The Hall–Kier alpha value is -0.530. The molecule has 2 aliphatic heterocycles. The molecule has 11 heteroatoms. The highest BCUT2D eigenvalue weighted by Crippen LogP contribution is 2.78. The van der Waals surface area contributed by atoms with E-state index < -0.39 is 26.8 Å². The molecule has 0 atom stereocenters. The maximum absolute atomic E-state index is 13.2. The quantitative estimate of drug-likeness (QED) is 0.815. The van der Waals surface area contributed by atoms with Crippen molar-refractivity contribution in [2.24, 2.45) is 0 Å². The monoisotopic (exact) mass is 354 g/mol. The van der Waals surface area contributed by atoms with Gasteiger partial charge in [0.25, 0.3) is 5.08 Å². The summed E-state index contributed by atoms with van der Waals surface area (Å²) in [5, 5.41) is 8.04. The number of aliphatic hydroxyl groups is 1. The Kier molecular flexibility index (Phi) is 3.89. The molecule has 2 aliphatic rings. The summed E-state index contributed by atoms with van der Waals surface area (Å²) < 4.78 is 64.3. The third kappa shape index (κ3) is 2.71. The van der Waals surface area contributed by atoms with E-state index in [1.54, 1.807) is 0 Å². The Morgan fingerprint density at radius 2 is 1.64 bits per heavy atom. The summed E-state index contributed by atoms with van der Waals surface area (Å²) >= 11 is 0. The van der Waals surface area contributed by atoms with Gasteiger partial charge in [0.05, 0.1) is 42.0 Å². The van der Waals surface area contributed by atoms with Crippen LogP contribution in [-0.2, 0) is 33.7 Å². The van der Waals surface area contributed by atoms with Gasteiger partial charge >= 0.3 is 15.2 Å². The highest BCUT2D eigenvalue weighted by molar-refractivity contribution is 7.73. The van der Waals surface area contributed by atoms with Crippen LogP contribution in [0.25, 0.3) is 0 Å². The van der Waals surface area contributed by atoms with E-state index in [0.717, 1.165) is 10.9 Å². The first kappa shape index (κ1) is 13.9. The van der Waals surface area contributed by atoms with Crippen LogP contribution in [0.4, 0.5) is 0 Å². The van der Waals surface area contributed by atoms with Crippen molar-refractivity contribution in [3.8, 4) is 0 Å². The van der Waals surface area contributed by atoms with Gasteiger partial charge in [0.2, 0.25) is 0 Å². The van der Waals surface area contributed by atoms with E-state index in [1.807, 2.05) is 0 Å². The summed E-state index contributed by atoms with van der Waals surface area (Å²) in [5.74, 6) is 0. The number of aromatic nitrogens is 2. The fourth-order valence-electron chi connectivity index (χ4n) is 2.06. The van der Waals surface area contributed by atoms with Crippen LogP contribution in [0.15, 0.2) is 18.7 Å². The Morgan fingerprint density at radius 3 is 2.05 bits per heavy atom. The minimum atomic E-state index is -4.61. The predicted molar refractivity (Wildman–Crippen MR) is 75.4 cm³/mol. The number of imidazole rings is 1. The molecular weight excluding hydrogens is 334 g/mol. The minimum absolute atomic E-state index is 0.0421. The average molecular weight is 354 g/mol. The highest BCUT2D eigenvalue weighted by atomic mass is 31.2. The van der Waals surface area contributed by atoms with E-state index in [4.69, 9.17) is 20.8 Å². The summed E-state index contributed by atoms with van der Waals surface area (Å²) in [5.41, 5.74) is 0. The fraction of sp³-hybridized carbons (Fsp3) is 0.727. The average Bonchev–Trinajstić information content (AvgIpc) is 3.10. The lowest BCUT2D eigenvalue weighted by atomic mass is 10.5. The zero-order chi connectivity index (χ0) is 17.5. The van der Waals surface area contributed by atoms with Crippen LogP contribution in [0.2, 0.25) is 0 Å². The van der Waals surface area contributed by atoms with E-state index in [2.05, 4.69) is 4.98 Å². The molecular formula is C11H18N2O7P2. The topological polar surface area (TPSA) is 109 Å². The number of hydrogen-bond donors (Lipinski definition) is 1. The van der Waals surface area contributed by atoms with Crippen molar-refractivity contribution in [2.75, 3.05) is 26.4 Å². The molecule has 2 saturated heterocycles. The van der Waals surface area contributed by atoms with Crippen LogP contribution >= 0.6 is 15.2 Å². The van der Waals surface area contributed by atoms with Gasteiger partial charge < -0.3 is 27.8 Å². The van der Waals surface area contributed by atoms with Gasteiger partial charge in [-0.1, -0.05) is 0 Å². The van der Waals surface area contributed by atoms with Crippen LogP contribution in [-0.4, -0.2) is 46.2 Å². The Balaban J connectivity index is 2.17. The van der Waals surface area contributed by atoms with Crippen molar-refractivity contribution in [2.45, 2.75) is 24.4 Å². The highest BCUT2D eigenvalue weighted by Gasteiger charge is 2.66. The van der Waals surface area contributed by atoms with E-state index in [-0.39, 0.29) is 26.4 Å². The minimum Gasteiger partial charge on any atom is -0.366 e. The predicted octanol–water partition coefficient (Wildman–Crippen LogP) is 1.79. The maximum atomic E-state index is 13.2. The van der Waals surface area contributed by atoms with Crippen molar-refractivity contribution in [3.05, 3.63) is 18.7 Å². The Bertz CT molecular complexity index is 632. The largest absolute Gasteiger partial charge is 0.376 e. The van der Waals surface area contributed by atoms with Crippen molar-refractivity contribution >= 4 is 15.2 Å². The lowest BCUT2D eigenvalue weighted by Gasteiger charge is -2.41. The number of hydrogen-bond acceptors (Lipinski definition) is 8. The lowest BCUT2D eigenvalue weighted by molar-refractivity contribution is 0.0403. The molecule has 2 fully saturated rings. The van der Waals surface area contributed by atoms with Crippen LogP contribution < -0.4 is 0 Å². The summed E-state index contributed by atoms with van der Waals surface area (Å²) in [6.07, 6.45) is 4.31. The molecule has 3 heterocycles. The van der Waals surface area contributed by atoms with Crippen LogP contribution in [0, 0.1) is 0 Å². The molecule has 124 valence electrons. The van der Waals surface area contributed by atoms with E-state index >= 15 is 0 Å². The smallest absolute Gasteiger partial charge is 0.366 e. The molecule has 0 amide bonds. The summed E-state index contributed by atoms with van der Waals surface area (Å²) in [6.45, 7) is -3.07. The molecule has 1 aromatic rings. The van der Waals surface area contributed by atoms with E-state index in [0.29, 0.717) is 12.8 Å². The molecule has 0 saturated carbocycles. The molecule has 0 spiro atoms. The van der Waals surface area contributed by atoms with Gasteiger partial charge in [0.1, 0.15) is 0 Å². The molecule has 9 nitrogen and oxygen atoms in total. The summed E-state index contributed by atoms with van der Waals surface area (Å²) in [4.78, 5) is 3.71. The first-order chi connectivity index (χ1) is 11.3. The van der Waals surface area contributed by atoms with Crippen LogP contribution in [0.3, 0.4) is 0 Å². The molecule has 0 aliphatic carbocycles. The third-order valence-corrected chi connectivity index (χ3v) is 8.46. The third-order valence-electron chi connectivity index (χ3n) is 3.17. The van der Waals surface area contributed by atoms with Gasteiger partial charge in [-0.2, -0.15) is 0 Å². The first-order valence-corrected chi connectivity index (χ1v) is 9.85. The van der Waals surface area contributed by atoms with Crippen molar-refractivity contribution < 1.29 is 35.1 Å². The van der Waals surface area contributed by atoms with Gasteiger partial charge in [0.15, 0.2) is 0 Å². The van der Waals surface area contributed by atoms with Crippen LogP contribution in [0.1, 0.15) is 15.6 Å². The first-order valence-electron chi connectivity index (χ1n) is 7.76. The van der Waals surface area contributed by atoms with Crippen molar-refractivity contribution in [3.63, 3.8) is 0 Å². The second-order valence-corrected chi connectivity index (χ2v) is 9.42.